The number of sulfonamides is 1. The normalized spacial score (nSPS) is 17.9. The SMILES string of the molecule is O=S(=O)(c1c(Cl)cc(Br)cc1Cl)N1CCCCO1. The van der Waals surface area contributed by atoms with Gasteiger partial charge in [0.1, 0.15) is 4.90 Å². The summed E-state index contributed by atoms with van der Waals surface area (Å²) in [6, 6.07) is 2.98. The van der Waals surface area contributed by atoms with E-state index in [1.807, 2.05) is 0 Å². The van der Waals surface area contributed by atoms with Gasteiger partial charge in [-0.15, -0.1) is 0 Å². The highest BCUT2D eigenvalue weighted by Crippen LogP contribution is 2.35. The second-order valence-electron chi connectivity index (χ2n) is 3.77. The zero-order valence-corrected chi connectivity index (χ0v) is 13.1. The van der Waals surface area contributed by atoms with Crippen LogP contribution in [0.3, 0.4) is 0 Å². The number of hydrogen-bond donors (Lipinski definition) is 0. The maximum Gasteiger partial charge on any atom is 0.267 e. The van der Waals surface area contributed by atoms with Crippen LogP contribution in [0.4, 0.5) is 0 Å². The molecule has 0 aliphatic carbocycles. The molecule has 4 nitrogen and oxygen atoms in total. The monoisotopic (exact) mass is 373 g/mol. The van der Waals surface area contributed by atoms with Crippen molar-refractivity contribution in [3.63, 3.8) is 0 Å². The fourth-order valence-electron chi connectivity index (χ4n) is 1.64. The predicted octanol–water partition coefficient (Wildman–Crippen LogP) is 3.47. The molecule has 0 aromatic heterocycles. The van der Waals surface area contributed by atoms with E-state index in [0.29, 0.717) is 17.6 Å². The Balaban J connectivity index is 2.47. The Labute approximate surface area is 124 Å². The smallest absolute Gasteiger partial charge is 0.267 e. The summed E-state index contributed by atoms with van der Waals surface area (Å²) in [7, 11) is -3.81. The van der Waals surface area contributed by atoms with Crippen molar-refractivity contribution in [2.24, 2.45) is 0 Å². The zero-order valence-electron chi connectivity index (χ0n) is 9.20. The first kappa shape index (κ1) is 14.6. The Hall–Kier alpha value is 0.150. The third kappa shape index (κ3) is 2.84. The van der Waals surface area contributed by atoms with Crippen LogP contribution in [0.1, 0.15) is 12.8 Å². The Morgan fingerprint density at radius 1 is 1.22 bits per heavy atom. The standard InChI is InChI=1S/C10H10BrCl2NO3S/c11-7-5-8(12)10(9(13)6-7)18(15,16)14-3-1-2-4-17-14/h5-6H,1-4H2. The van der Waals surface area contributed by atoms with Crippen LogP contribution in [0.25, 0.3) is 0 Å². The maximum atomic E-state index is 12.4. The molecule has 0 radical (unpaired) electrons. The molecule has 0 unspecified atom stereocenters. The quantitative estimate of drug-likeness (QED) is 0.796. The average Bonchev–Trinajstić information content (AvgIpc) is 2.28. The third-order valence-electron chi connectivity index (χ3n) is 2.46. The molecule has 1 aromatic rings. The highest BCUT2D eigenvalue weighted by Gasteiger charge is 2.31. The van der Waals surface area contributed by atoms with Crippen LogP contribution in [-0.4, -0.2) is 26.0 Å². The number of benzene rings is 1. The second kappa shape index (κ2) is 5.64. The van der Waals surface area contributed by atoms with Crippen LogP contribution in [0.15, 0.2) is 21.5 Å². The number of halogens is 3. The van der Waals surface area contributed by atoms with Gasteiger partial charge in [0, 0.05) is 11.0 Å². The minimum absolute atomic E-state index is 0.0727. The van der Waals surface area contributed by atoms with Gasteiger partial charge in [0.25, 0.3) is 10.0 Å². The van der Waals surface area contributed by atoms with Gasteiger partial charge in [-0.05, 0) is 25.0 Å². The molecular weight excluding hydrogens is 365 g/mol. The molecule has 0 bridgehead atoms. The minimum atomic E-state index is -3.81. The molecule has 1 fully saturated rings. The molecule has 18 heavy (non-hydrogen) atoms. The van der Waals surface area contributed by atoms with E-state index in [9.17, 15) is 8.42 Å². The molecule has 0 amide bonds. The van der Waals surface area contributed by atoms with E-state index < -0.39 is 10.0 Å². The Morgan fingerprint density at radius 3 is 2.33 bits per heavy atom. The van der Waals surface area contributed by atoms with Gasteiger partial charge >= 0.3 is 0 Å². The summed E-state index contributed by atoms with van der Waals surface area (Å²) in [4.78, 5) is 5.04. The van der Waals surface area contributed by atoms with E-state index in [2.05, 4.69) is 15.9 Å². The Bertz CT molecular complexity index is 535. The number of nitrogens with zero attached hydrogens (tertiary/aromatic N) is 1. The summed E-state index contributed by atoms with van der Waals surface area (Å²) in [5, 5.41) is 0.145. The van der Waals surface area contributed by atoms with Crippen molar-refractivity contribution in [2.45, 2.75) is 17.7 Å². The van der Waals surface area contributed by atoms with Crippen molar-refractivity contribution < 1.29 is 13.3 Å². The summed E-state index contributed by atoms with van der Waals surface area (Å²) >= 11 is 15.1. The molecule has 1 aromatic carbocycles. The van der Waals surface area contributed by atoms with E-state index in [1.165, 1.54) is 12.1 Å². The minimum Gasteiger partial charge on any atom is -0.284 e. The summed E-state index contributed by atoms with van der Waals surface area (Å²) in [5.41, 5.74) is 0. The predicted molar refractivity (Wildman–Crippen MR) is 73.2 cm³/mol. The molecule has 1 aliphatic heterocycles. The van der Waals surface area contributed by atoms with Gasteiger partial charge in [-0.1, -0.05) is 43.6 Å². The first-order valence-electron chi connectivity index (χ1n) is 5.23. The zero-order chi connectivity index (χ0) is 13.3. The van der Waals surface area contributed by atoms with Gasteiger partial charge in [-0.2, -0.15) is 0 Å². The summed E-state index contributed by atoms with van der Waals surface area (Å²) in [6.07, 6.45) is 1.60. The number of rotatable bonds is 2. The molecule has 1 heterocycles. The molecule has 1 aliphatic rings. The van der Waals surface area contributed by atoms with E-state index in [0.717, 1.165) is 17.3 Å². The van der Waals surface area contributed by atoms with Crippen molar-refractivity contribution in [3.8, 4) is 0 Å². The van der Waals surface area contributed by atoms with Gasteiger partial charge in [0.05, 0.1) is 16.7 Å². The highest BCUT2D eigenvalue weighted by molar-refractivity contribution is 9.10. The van der Waals surface area contributed by atoms with Crippen molar-refractivity contribution in [2.75, 3.05) is 13.2 Å². The van der Waals surface area contributed by atoms with Crippen LogP contribution in [0, 0.1) is 0 Å². The summed E-state index contributed by atoms with van der Waals surface area (Å²) < 4.78 is 26.3. The van der Waals surface area contributed by atoms with Crippen molar-refractivity contribution in [1.82, 2.24) is 4.47 Å². The van der Waals surface area contributed by atoms with Gasteiger partial charge < -0.3 is 0 Å². The lowest BCUT2D eigenvalue weighted by Gasteiger charge is -2.26. The molecule has 1 saturated heterocycles. The lowest BCUT2D eigenvalue weighted by atomic mass is 10.3. The van der Waals surface area contributed by atoms with Crippen LogP contribution < -0.4 is 0 Å². The van der Waals surface area contributed by atoms with Crippen LogP contribution in [-0.2, 0) is 14.9 Å². The lowest BCUT2D eigenvalue weighted by molar-refractivity contribution is -0.108. The molecule has 100 valence electrons. The lowest BCUT2D eigenvalue weighted by Crippen LogP contribution is -2.36. The molecule has 0 saturated carbocycles. The number of hydroxylamine groups is 1. The molecule has 0 atom stereocenters. The second-order valence-corrected chi connectivity index (χ2v) is 7.27. The van der Waals surface area contributed by atoms with Crippen LogP contribution >= 0.6 is 39.1 Å². The molecule has 8 heteroatoms. The number of hydrogen-bond acceptors (Lipinski definition) is 3. The maximum absolute atomic E-state index is 12.4. The van der Waals surface area contributed by atoms with E-state index >= 15 is 0 Å². The van der Waals surface area contributed by atoms with Gasteiger partial charge in [-0.25, -0.2) is 8.42 Å². The fourth-order valence-corrected chi connectivity index (χ4v) is 4.83. The highest BCUT2D eigenvalue weighted by atomic mass is 79.9. The Kier molecular flexibility index (Phi) is 4.57. The topological polar surface area (TPSA) is 46.6 Å². The van der Waals surface area contributed by atoms with Crippen molar-refractivity contribution in [1.29, 1.82) is 0 Å². The molecule has 0 N–H and O–H groups in total. The summed E-state index contributed by atoms with van der Waals surface area (Å²) in [5.74, 6) is 0. The van der Waals surface area contributed by atoms with Gasteiger partial charge in [-0.3, -0.25) is 4.84 Å². The van der Waals surface area contributed by atoms with Crippen LogP contribution in [0.2, 0.25) is 10.0 Å². The largest absolute Gasteiger partial charge is 0.284 e. The first-order valence-corrected chi connectivity index (χ1v) is 8.22. The van der Waals surface area contributed by atoms with E-state index in [4.69, 9.17) is 28.0 Å². The molecule has 2 rings (SSSR count). The average molecular weight is 375 g/mol. The molecular formula is C10H10BrCl2NO3S. The summed E-state index contributed by atoms with van der Waals surface area (Å²) in [6.45, 7) is 0.691. The third-order valence-corrected chi connectivity index (χ3v) is 5.52. The van der Waals surface area contributed by atoms with E-state index in [1.54, 1.807) is 0 Å². The Morgan fingerprint density at radius 2 is 1.83 bits per heavy atom. The van der Waals surface area contributed by atoms with Gasteiger partial charge in [0.15, 0.2) is 0 Å². The van der Waals surface area contributed by atoms with E-state index in [-0.39, 0.29) is 14.9 Å². The first-order chi connectivity index (χ1) is 8.43. The van der Waals surface area contributed by atoms with Crippen molar-refractivity contribution in [3.05, 3.63) is 26.7 Å². The fraction of sp³-hybridized carbons (Fsp3) is 0.400. The molecule has 0 spiro atoms. The van der Waals surface area contributed by atoms with Crippen molar-refractivity contribution >= 4 is 49.2 Å². The van der Waals surface area contributed by atoms with Crippen LogP contribution in [0.5, 0.6) is 0 Å². The van der Waals surface area contributed by atoms with Gasteiger partial charge in [0.2, 0.25) is 0 Å².